The molecule has 0 fully saturated rings. The van der Waals surface area contributed by atoms with Crippen LogP contribution in [0.1, 0.15) is 45.6 Å². The fourth-order valence-electron chi connectivity index (χ4n) is 2.53. The molecule has 1 atom stereocenters. The number of rotatable bonds is 5. The molecule has 0 bridgehead atoms. The van der Waals surface area contributed by atoms with Gasteiger partial charge in [0.15, 0.2) is 6.61 Å². The summed E-state index contributed by atoms with van der Waals surface area (Å²) in [5.74, 6) is -0.376. The van der Waals surface area contributed by atoms with Crippen molar-refractivity contribution in [1.82, 2.24) is 0 Å². The molecule has 1 amide bonds. The lowest BCUT2D eigenvalue weighted by Gasteiger charge is -2.19. The molecule has 4 heteroatoms. The molecule has 0 saturated carbocycles. The lowest BCUT2D eigenvalue weighted by Crippen LogP contribution is -2.21. The van der Waals surface area contributed by atoms with Crippen LogP contribution >= 0.6 is 0 Å². The molecule has 1 aliphatic rings. The van der Waals surface area contributed by atoms with Gasteiger partial charge in [0.05, 0.1) is 6.42 Å². The van der Waals surface area contributed by atoms with Gasteiger partial charge in [-0.2, -0.15) is 0 Å². The van der Waals surface area contributed by atoms with E-state index in [-0.39, 0.29) is 29.8 Å². The summed E-state index contributed by atoms with van der Waals surface area (Å²) in [5.41, 5.74) is 1.98. The molecule has 1 aliphatic carbocycles. The Morgan fingerprint density at radius 2 is 1.91 bits per heavy atom. The molecule has 4 nitrogen and oxygen atoms in total. The highest BCUT2D eigenvalue weighted by Crippen LogP contribution is 2.23. The van der Waals surface area contributed by atoms with Crippen LogP contribution in [0, 0.1) is 5.92 Å². The van der Waals surface area contributed by atoms with Crippen LogP contribution in [0.15, 0.2) is 36.4 Å². The number of ether oxygens (including phenoxy) is 1. The maximum Gasteiger partial charge on any atom is 0.306 e. The third-order valence-electron chi connectivity index (χ3n) is 3.94. The van der Waals surface area contributed by atoms with Crippen molar-refractivity contribution in [3.05, 3.63) is 42.0 Å². The first-order chi connectivity index (χ1) is 10.8. The Kier molecular flexibility index (Phi) is 5.59. The second kappa shape index (κ2) is 7.44. The van der Waals surface area contributed by atoms with Crippen LogP contribution < -0.4 is 5.32 Å². The molecule has 0 spiro atoms. The number of nitrogens with one attached hydrogen (secondary N) is 1. The Hall–Kier alpha value is -2.10. The molecule has 23 heavy (non-hydrogen) atoms. The quantitative estimate of drug-likeness (QED) is 0.664. The van der Waals surface area contributed by atoms with E-state index in [1.165, 1.54) is 5.56 Å². The Balaban J connectivity index is 1.76. The van der Waals surface area contributed by atoms with Crippen molar-refractivity contribution in [1.29, 1.82) is 0 Å². The summed E-state index contributed by atoms with van der Waals surface area (Å²) in [6, 6.07) is 7.72. The van der Waals surface area contributed by atoms with Gasteiger partial charge in [-0.3, -0.25) is 9.59 Å². The summed E-state index contributed by atoms with van der Waals surface area (Å²) in [4.78, 5) is 23.5. The minimum Gasteiger partial charge on any atom is -0.456 e. The fourth-order valence-corrected chi connectivity index (χ4v) is 2.53. The maximum absolute atomic E-state index is 11.8. The molecule has 0 aliphatic heterocycles. The Morgan fingerprint density at radius 1 is 1.22 bits per heavy atom. The second-order valence-electron chi connectivity index (χ2n) is 7.01. The van der Waals surface area contributed by atoms with E-state index >= 15 is 0 Å². The monoisotopic (exact) mass is 315 g/mol. The van der Waals surface area contributed by atoms with Gasteiger partial charge in [-0.25, -0.2) is 0 Å². The summed E-state index contributed by atoms with van der Waals surface area (Å²) in [5, 5.41) is 2.74. The van der Waals surface area contributed by atoms with Crippen LogP contribution in [0.4, 0.5) is 5.69 Å². The van der Waals surface area contributed by atoms with Gasteiger partial charge in [0, 0.05) is 5.69 Å². The summed E-state index contributed by atoms with van der Waals surface area (Å²) in [7, 11) is 0. The largest absolute Gasteiger partial charge is 0.456 e. The van der Waals surface area contributed by atoms with Gasteiger partial charge in [-0.15, -0.1) is 0 Å². The summed E-state index contributed by atoms with van der Waals surface area (Å²) in [6.45, 7) is 6.18. The van der Waals surface area contributed by atoms with Crippen molar-refractivity contribution < 1.29 is 14.3 Å². The molecule has 0 unspecified atom stereocenters. The standard InChI is InChI=1S/C19H25NO3/c1-19(2,3)15-8-10-16(11-9-15)20-17(21)13-23-18(22)12-14-6-4-5-7-14/h4,6,8-11,14H,5,7,12-13H2,1-3H3,(H,20,21)/t14-/m1/s1. The van der Waals surface area contributed by atoms with Crippen LogP contribution in [0.25, 0.3) is 0 Å². The van der Waals surface area contributed by atoms with E-state index in [0.717, 1.165) is 12.8 Å². The van der Waals surface area contributed by atoms with Crippen LogP contribution in [0.3, 0.4) is 0 Å². The normalized spacial score (nSPS) is 17.1. The number of esters is 1. The molecule has 124 valence electrons. The Morgan fingerprint density at radius 3 is 2.48 bits per heavy atom. The minimum absolute atomic E-state index is 0.0761. The SMILES string of the molecule is CC(C)(C)c1ccc(NC(=O)COC(=O)C[C@@H]2C=CCC2)cc1. The van der Waals surface area contributed by atoms with Gasteiger partial charge in [-0.1, -0.05) is 45.1 Å². The lowest BCUT2D eigenvalue weighted by atomic mass is 9.87. The number of hydrogen-bond donors (Lipinski definition) is 1. The van der Waals surface area contributed by atoms with Gasteiger partial charge in [0.25, 0.3) is 5.91 Å². The summed E-state index contributed by atoms with van der Waals surface area (Å²) in [6.07, 6.45) is 6.47. The predicted molar refractivity (Wildman–Crippen MR) is 91.2 cm³/mol. The molecule has 1 aromatic rings. The van der Waals surface area contributed by atoms with E-state index in [1.807, 2.05) is 30.3 Å². The molecule has 0 heterocycles. The third-order valence-corrected chi connectivity index (χ3v) is 3.94. The molecular weight excluding hydrogens is 290 g/mol. The topological polar surface area (TPSA) is 55.4 Å². The zero-order chi connectivity index (χ0) is 16.9. The van der Waals surface area contributed by atoms with Gasteiger partial charge in [0.1, 0.15) is 0 Å². The molecule has 1 aromatic carbocycles. The van der Waals surface area contributed by atoms with Crippen LogP contribution in [-0.2, 0) is 19.7 Å². The highest BCUT2D eigenvalue weighted by atomic mass is 16.5. The molecule has 0 aromatic heterocycles. The first-order valence-corrected chi connectivity index (χ1v) is 8.07. The van der Waals surface area contributed by atoms with Crippen LogP contribution in [0.2, 0.25) is 0 Å². The number of carbonyl (C=O) groups is 2. The van der Waals surface area contributed by atoms with E-state index in [9.17, 15) is 9.59 Å². The number of hydrogen-bond acceptors (Lipinski definition) is 3. The van der Waals surface area contributed by atoms with E-state index in [1.54, 1.807) is 0 Å². The van der Waals surface area contributed by atoms with Crippen molar-refractivity contribution in [3.8, 4) is 0 Å². The molecule has 2 rings (SSSR count). The zero-order valence-corrected chi connectivity index (χ0v) is 14.1. The molecule has 0 radical (unpaired) electrons. The predicted octanol–water partition coefficient (Wildman–Crippen LogP) is 3.82. The second-order valence-corrected chi connectivity index (χ2v) is 7.01. The van der Waals surface area contributed by atoms with Crippen molar-refractivity contribution in [3.63, 3.8) is 0 Å². The van der Waals surface area contributed by atoms with Crippen molar-refractivity contribution in [2.24, 2.45) is 5.92 Å². The van der Waals surface area contributed by atoms with Crippen molar-refractivity contribution in [2.75, 3.05) is 11.9 Å². The van der Waals surface area contributed by atoms with Gasteiger partial charge in [0.2, 0.25) is 0 Å². The lowest BCUT2D eigenvalue weighted by molar-refractivity contribution is -0.147. The number of allylic oxidation sites excluding steroid dienone is 2. The maximum atomic E-state index is 11.8. The fraction of sp³-hybridized carbons (Fsp3) is 0.474. The zero-order valence-electron chi connectivity index (χ0n) is 14.1. The highest BCUT2D eigenvalue weighted by molar-refractivity contribution is 5.92. The Bertz CT molecular complexity index is 582. The number of amides is 1. The summed E-state index contributed by atoms with van der Waals surface area (Å²) < 4.78 is 5.03. The van der Waals surface area contributed by atoms with Gasteiger partial charge in [-0.05, 0) is 41.9 Å². The summed E-state index contributed by atoms with van der Waals surface area (Å²) >= 11 is 0. The van der Waals surface area contributed by atoms with Crippen molar-refractivity contribution >= 4 is 17.6 Å². The Labute approximate surface area is 137 Å². The van der Waals surface area contributed by atoms with E-state index in [4.69, 9.17) is 4.74 Å². The third kappa shape index (κ3) is 5.55. The number of benzene rings is 1. The first kappa shape index (κ1) is 17.3. The van der Waals surface area contributed by atoms with Gasteiger partial charge >= 0.3 is 5.97 Å². The van der Waals surface area contributed by atoms with Gasteiger partial charge < -0.3 is 10.1 Å². The van der Waals surface area contributed by atoms with E-state index in [0.29, 0.717) is 12.1 Å². The minimum atomic E-state index is -0.320. The number of anilines is 1. The van der Waals surface area contributed by atoms with Crippen LogP contribution in [-0.4, -0.2) is 18.5 Å². The van der Waals surface area contributed by atoms with Crippen molar-refractivity contribution in [2.45, 2.75) is 45.4 Å². The average Bonchev–Trinajstić information content (AvgIpc) is 2.98. The molecule has 0 saturated heterocycles. The smallest absolute Gasteiger partial charge is 0.306 e. The van der Waals surface area contributed by atoms with E-state index < -0.39 is 0 Å². The molecular formula is C19H25NO3. The average molecular weight is 315 g/mol. The first-order valence-electron chi connectivity index (χ1n) is 8.07. The highest BCUT2D eigenvalue weighted by Gasteiger charge is 2.16. The van der Waals surface area contributed by atoms with Crippen LogP contribution in [0.5, 0.6) is 0 Å². The van der Waals surface area contributed by atoms with E-state index in [2.05, 4.69) is 32.2 Å². The molecule has 1 N–H and O–H groups in total. The number of carbonyl (C=O) groups excluding carboxylic acids is 2.